The molecular formula is C26H28N3O5S+. The summed E-state index contributed by atoms with van der Waals surface area (Å²) < 4.78 is 39.0. The molecule has 182 valence electrons. The quantitative estimate of drug-likeness (QED) is 0.519. The molecule has 1 fully saturated rings. The highest BCUT2D eigenvalue weighted by atomic mass is 32.2. The second kappa shape index (κ2) is 10.1. The van der Waals surface area contributed by atoms with Gasteiger partial charge in [-0.3, -0.25) is 4.79 Å². The van der Waals surface area contributed by atoms with Crippen molar-refractivity contribution < 1.29 is 27.6 Å². The van der Waals surface area contributed by atoms with Gasteiger partial charge in [0.25, 0.3) is 5.91 Å². The summed E-state index contributed by atoms with van der Waals surface area (Å²) in [5.74, 6) is 1.41. The third-order valence-corrected chi connectivity index (χ3v) is 7.75. The van der Waals surface area contributed by atoms with Crippen LogP contribution in [0.2, 0.25) is 0 Å². The summed E-state index contributed by atoms with van der Waals surface area (Å²) in [7, 11) is -3.74. The number of benzene rings is 3. The first-order valence-electron chi connectivity index (χ1n) is 11.6. The summed E-state index contributed by atoms with van der Waals surface area (Å²) >= 11 is 0. The molecule has 0 bridgehead atoms. The Morgan fingerprint density at radius 2 is 1.66 bits per heavy atom. The first-order chi connectivity index (χ1) is 17.0. The molecule has 2 aliphatic rings. The lowest BCUT2D eigenvalue weighted by Crippen LogP contribution is -3.13. The maximum absolute atomic E-state index is 13.1. The van der Waals surface area contributed by atoms with Crippen molar-refractivity contribution in [1.82, 2.24) is 9.62 Å². The molecule has 2 aliphatic heterocycles. The predicted octanol–water partition coefficient (Wildman–Crippen LogP) is 1.43. The Hall–Kier alpha value is -3.40. The molecule has 1 saturated heterocycles. The van der Waals surface area contributed by atoms with Crippen molar-refractivity contribution in [2.45, 2.75) is 18.0 Å². The lowest BCUT2D eigenvalue weighted by molar-refractivity contribution is -0.917. The van der Waals surface area contributed by atoms with E-state index in [4.69, 9.17) is 9.47 Å². The van der Waals surface area contributed by atoms with Gasteiger partial charge >= 0.3 is 0 Å². The number of nitrogens with zero attached hydrogens (tertiary/aromatic N) is 1. The number of ether oxygens (including phenoxy) is 2. The number of hydrogen-bond donors (Lipinski definition) is 2. The van der Waals surface area contributed by atoms with Crippen LogP contribution < -0.4 is 19.1 Å². The second-order valence-electron chi connectivity index (χ2n) is 8.74. The molecule has 2 N–H and O–H groups in total. The van der Waals surface area contributed by atoms with Crippen molar-refractivity contribution in [3.63, 3.8) is 0 Å². The fourth-order valence-electron chi connectivity index (χ4n) is 4.38. The topological polar surface area (TPSA) is 89.4 Å². The van der Waals surface area contributed by atoms with E-state index in [1.165, 1.54) is 22.6 Å². The molecule has 3 aromatic carbocycles. The van der Waals surface area contributed by atoms with Gasteiger partial charge in [-0.1, -0.05) is 36.4 Å². The molecular weight excluding hydrogens is 466 g/mol. The molecule has 0 saturated carbocycles. The molecule has 9 heteroatoms. The maximum Gasteiger partial charge on any atom is 0.254 e. The normalized spacial score (nSPS) is 15.8. The van der Waals surface area contributed by atoms with Crippen LogP contribution in [0.25, 0.3) is 0 Å². The number of rotatable bonds is 7. The van der Waals surface area contributed by atoms with E-state index >= 15 is 0 Å². The standard InChI is InChI=1S/C26H27N3O5S/c30-26(22-7-4-8-23(16-22)35(31,32)27-17-20-5-2-1-3-6-20)29-13-11-28(12-14-29)18-21-9-10-24-25(15-21)34-19-33-24/h1-10,15-16,27H,11-14,17-19H2/p+1. The highest BCUT2D eigenvalue weighted by molar-refractivity contribution is 7.89. The number of amides is 1. The zero-order chi connectivity index (χ0) is 24.3. The molecule has 3 aromatic rings. The second-order valence-corrected chi connectivity index (χ2v) is 10.5. The van der Waals surface area contributed by atoms with Crippen LogP contribution in [0.5, 0.6) is 11.5 Å². The van der Waals surface area contributed by atoms with Crippen LogP contribution in [0.15, 0.2) is 77.7 Å². The Labute approximate surface area is 205 Å². The van der Waals surface area contributed by atoms with E-state index in [0.29, 0.717) is 18.7 Å². The Kier molecular flexibility index (Phi) is 6.72. The van der Waals surface area contributed by atoms with Crippen LogP contribution in [0.4, 0.5) is 0 Å². The van der Waals surface area contributed by atoms with E-state index in [9.17, 15) is 13.2 Å². The minimum Gasteiger partial charge on any atom is -0.454 e. The van der Waals surface area contributed by atoms with Gasteiger partial charge in [-0.05, 0) is 42.0 Å². The number of sulfonamides is 1. The van der Waals surface area contributed by atoms with Crippen molar-refractivity contribution in [3.8, 4) is 11.5 Å². The predicted molar refractivity (Wildman–Crippen MR) is 130 cm³/mol. The Bertz CT molecular complexity index is 1310. The summed E-state index contributed by atoms with van der Waals surface area (Å²) in [5.41, 5.74) is 2.42. The van der Waals surface area contributed by atoms with Gasteiger partial charge < -0.3 is 19.3 Å². The summed E-state index contributed by atoms with van der Waals surface area (Å²) in [6.07, 6.45) is 0. The smallest absolute Gasteiger partial charge is 0.254 e. The monoisotopic (exact) mass is 494 g/mol. The molecule has 5 rings (SSSR count). The van der Waals surface area contributed by atoms with Crippen LogP contribution in [0.1, 0.15) is 21.5 Å². The number of nitrogens with one attached hydrogen (secondary N) is 2. The minimum atomic E-state index is -3.74. The van der Waals surface area contributed by atoms with Crippen LogP contribution in [0.3, 0.4) is 0 Å². The lowest BCUT2D eigenvalue weighted by Gasteiger charge is -2.32. The lowest BCUT2D eigenvalue weighted by atomic mass is 10.1. The molecule has 0 radical (unpaired) electrons. The Morgan fingerprint density at radius 1 is 0.886 bits per heavy atom. The molecule has 0 aromatic heterocycles. The molecule has 8 nitrogen and oxygen atoms in total. The first kappa shape index (κ1) is 23.3. The fraction of sp³-hybridized carbons (Fsp3) is 0.269. The van der Waals surface area contributed by atoms with E-state index in [2.05, 4.69) is 10.8 Å². The van der Waals surface area contributed by atoms with Gasteiger partial charge in [0.1, 0.15) is 6.54 Å². The van der Waals surface area contributed by atoms with Gasteiger partial charge in [0.2, 0.25) is 16.8 Å². The van der Waals surface area contributed by atoms with Crippen molar-refractivity contribution in [3.05, 3.63) is 89.5 Å². The van der Waals surface area contributed by atoms with Crippen molar-refractivity contribution >= 4 is 15.9 Å². The third-order valence-electron chi connectivity index (χ3n) is 6.35. The summed E-state index contributed by atoms with van der Waals surface area (Å²) in [4.78, 5) is 16.4. The Balaban J connectivity index is 1.18. The van der Waals surface area contributed by atoms with Crippen LogP contribution >= 0.6 is 0 Å². The minimum absolute atomic E-state index is 0.0892. The molecule has 1 amide bonds. The molecule has 0 atom stereocenters. The van der Waals surface area contributed by atoms with E-state index in [-0.39, 0.29) is 24.1 Å². The SMILES string of the molecule is O=C(c1cccc(S(=O)(=O)NCc2ccccc2)c1)N1CC[NH+](Cc2ccc3c(c2)OCO3)CC1. The van der Waals surface area contributed by atoms with Crippen molar-refractivity contribution in [2.75, 3.05) is 33.0 Å². The van der Waals surface area contributed by atoms with Gasteiger partial charge in [0.15, 0.2) is 11.5 Å². The van der Waals surface area contributed by atoms with Crippen LogP contribution in [-0.4, -0.2) is 52.2 Å². The van der Waals surface area contributed by atoms with Crippen molar-refractivity contribution in [1.29, 1.82) is 0 Å². The number of quaternary nitrogens is 1. The first-order valence-corrected chi connectivity index (χ1v) is 13.1. The molecule has 0 unspecified atom stereocenters. The summed E-state index contributed by atoms with van der Waals surface area (Å²) in [6.45, 7) is 4.16. The number of hydrogen-bond acceptors (Lipinski definition) is 5. The van der Waals surface area contributed by atoms with Gasteiger partial charge in [0.05, 0.1) is 31.1 Å². The molecule has 2 heterocycles. The third kappa shape index (κ3) is 5.48. The van der Waals surface area contributed by atoms with Gasteiger partial charge in [-0.2, -0.15) is 0 Å². The largest absolute Gasteiger partial charge is 0.454 e. The average molecular weight is 495 g/mol. The van der Waals surface area contributed by atoms with Crippen molar-refractivity contribution in [2.24, 2.45) is 0 Å². The number of fused-ring (bicyclic) bond motifs is 1. The highest BCUT2D eigenvalue weighted by Crippen LogP contribution is 2.32. The summed E-state index contributed by atoms with van der Waals surface area (Å²) in [5, 5.41) is 0. The molecule has 0 spiro atoms. The zero-order valence-corrected chi connectivity index (χ0v) is 20.1. The average Bonchev–Trinajstić information content (AvgIpc) is 3.36. The Morgan fingerprint density at radius 3 is 2.46 bits per heavy atom. The molecule has 35 heavy (non-hydrogen) atoms. The van der Waals surface area contributed by atoms with Crippen LogP contribution in [-0.2, 0) is 23.1 Å². The number of carbonyl (C=O) groups excluding carboxylic acids is 1. The summed E-state index contributed by atoms with van der Waals surface area (Å²) in [6, 6.07) is 21.6. The molecule has 0 aliphatic carbocycles. The van der Waals surface area contributed by atoms with E-state index in [1.807, 2.05) is 42.5 Å². The van der Waals surface area contributed by atoms with E-state index in [0.717, 1.165) is 36.7 Å². The van der Waals surface area contributed by atoms with Gasteiger partial charge in [-0.15, -0.1) is 0 Å². The number of piperazine rings is 1. The fourth-order valence-corrected chi connectivity index (χ4v) is 5.44. The zero-order valence-electron chi connectivity index (χ0n) is 19.3. The van der Waals surface area contributed by atoms with E-state index < -0.39 is 10.0 Å². The number of carbonyl (C=O) groups is 1. The maximum atomic E-state index is 13.1. The highest BCUT2D eigenvalue weighted by Gasteiger charge is 2.26. The van der Waals surface area contributed by atoms with Crippen LogP contribution in [0, 0.1) is 0 Å². The van der Waals surface area contributed by atoms with Gasteiger partial charge in [-0.25, -0.2) is 13.1 Å². The van der Waals surface area contributed by atoms with Gasteiger partial charge in [0, 0.05) is 17.7 Å². The van der Waals surface area contributed by atoms with E-state index in [1.54, 1.807) is 17.0 Å².